The number of aromatic nitrogens is 2. The van der Waals surface area contributed by atoms with E-state index in [0.29, 0.717) is 30.4 Å². The van der Waals surface area contributed by atoms with E-state index in [9.17, 15) is 9.90 Å². The van der Waals surface area contributed by atoms with Crippen LogP contribution in [0.1, 0.15) is 11.1 Å². The largest absolute Gasteiger partial charge is 0.393 e. The first-order chi connectivity index (χ1) is 17.0. The van der Waals surface area contributed by atoms with Crippen LogP contribution in [0.5, 0.6) is 0 Å². The highest BCUT2D eigenvalue weighted by Gasteiger charge is 2.26. The van der Waals surface area contributed by atoms with Gasteiger partial charge >= 0.3 is 0 Å². The van der Waals surface area contributed by atoms with Gasteiger partial charge in [-0.1, -0.05) is 54.1 Å². The predicted octanol–water partition coefficient (Wildman–Crippen LogP) is 4.38. The van der Waals surface area contributed by atoms with Crippen LogP contribution in [-0.2, 0) is 17.8 Å². The number of halogens is 1. The van der Waals surface area contributed by atoms with Crippen LogP contribution < -0.4 is 5.32 Å². The second-order valence-corrected chi connectivity index (χ2v) is 8.89. The van der Waals surface area contributed by atoms with Crippen molar-refractivity contribution >= 4 is 28.9 Å². The van der Waals surface area contributed by atoms with Crippen LogP contribution in [-0.4, -0.2) is 50.2 Å². The number of rotatable bonds is 6. The molecule has 1 aliphatic rings. The smallest absolute Gasteiger partial charge is 0.254 e. The molecule has 1 atom stereocenters. The number of aliphatic hydroxyl groups is 2. The van der Waals surface area contributed by atoms with Crippen LogP contribution in [0.3, 0.4) is 0 Å². The lowest BCUT2D eigenvalue weighted by Crippen LogP contribution is -2.43. The first-order valence-electron chi connectivity index (χ1n) is 11.4. The van der Waals surface area contributed by atoms with Gasteiger partial charge in [-0.3, -0.25) is 4.79 Å². The zero-order valence-corrected chi connectivity index (χ0v) is 19.7. The van der Waals surface area contributed by atoms with E-state index in [1.54, 1.807) is 11.1 Å². The van der Waals surface area contributed by atoms with Crippen LogP contribution >= 0.6 is 11.6 Å². The molecular formula is C27H25ClN4O3. The summed E-state index contributed by atoms with van der Waals surface area (Å²) in [4.78, 5) is 21.8. The van der Waals surface area contributed by atoms with Crippen LogP contribution in [0.4, 0.5) is 11.4 Å². The van der Waals surface area contributed by atoms with Gasteiger partial charge in [0.2, 0.25) is 0 Å². The fourth-order valence-electron chi connectivity index (χ4n) is 4.37. The number of fused-ring (bicyclic) bond motifs is 1. The number of hydrogen-bond donors (Lipinski definition) is 4. The number of benzene rings is 3. The quantitative estimate of drug-likeness (QED) is 0.322. The van der Waals surface area contributed by atoms with Crippen molar-refractivity contribution in [1.29, 1.82) is 0 Å². The van der Waals surface area contributed by atoms with Crippen LogP contribution in [0.15, 0.2) is 72.9 Å². The molecule has 1 aromatic heterocycles. The first kappa shape index (κ1) is 23.1. The van der Waals surface area contributed by atoms with Gasteiger partial charge in [-0.15, -0.1) is 0 Å². The number of aromatic amines is 1. The van der Waals surface area contributed by atoms with Gasteiger partial charge in [0.05, 0.1) is 23.5 Å². The van der Waals surface area contributed by atoms with Crippen LogP contribution in [0.25, 0.3) is 22.6 Å². The number of imidazole rings is 1. The Hall–Kier alpha value is -3.65. The Morgan fingerprint density at radius 2 is 1.97 bits per heavy atom. The van der Waals surface area contributed by atoms with E-state index in [1.165, 1.54) is 0 Å². The van der Waals surface area contributed by atoms with Crippen LogP contribution in [0, 0.1) is 0 Å². The highest BCUT2D eigenvalue weighted by atomic mass is 35.5. The van der Waals surface area contributed by atoms with Gasteiger partial charge in [0, 0.05) is 30.0 Å². The molecule has 4 aromatic rings. The standard InChI is InChI=1S/C27H25ClN4O3/c28-22-10-9-19(13-21(22)26-29-14-24(31-26)17-5-2-1-3-6-17)30-23-8-4-7-18-15-32(12-11-20(18)23)27(35)25(34)16-33/h1-10,13-14,25,30,33-34H,11-12,15-16H2,(H,29,31). The Morgan fingerprint density at radius 3 is 2.77 bits per heavy atom. The molecule has 1 amide bonds. The third-order valence-corrected chi connectivity index (χ3v) is 6.53. The fourth-order valence-corrected chi connectivity index (χ4v) is 4.57. The average Bonchev–Trinajstić information content (AvgIpc) is 3.39. The van der Waals surface area contributed by atoms with Crippen molar-refractivity contribution in [3.05, 3.63) is 89.1 Å². The number of carbonyl (C=O) groups excluding carboxylic acids is 1. The molecule has 0 spiro atoms. The van der Waals surface area contributed by atoms with Crippen molar-refractivity contribution in [2.24, 2.45) is 0 Å². The topological polar surface area (TPSA) is 101 Å². The number of aliphatic hydroxyl groups excluding tert-OH is 2. The second-order valence-electron chi connectivity index (χ2n) is 8.48. The summed E-state index contributed by atoms with van der Waals surface area (Å²) < 4.78 is 0. The van der Waals surface area contributed by atoms with Crippen molar-refractivity contribution in [3.8, 4) is 22.6 Å². The number of H-pyrrole nitrogens is 1. The predicted molar refractivity (Wildman–Crippen MR) is 136 cm³/mol. The molecule has 2 heterocycles. The van der Waals surface area contributed by atoms with Crippen molar-refractivity contribution in [1.82, 2.24) is 14.9 Å². The maximum absolute atomic E-state index is 12.3. The molecule has 0 fully saturated rings. The molecule has 5 rings (SSSR count). The van der Waals surface area contributed by atoms with E-state index in [4.69, 9.17) is 16.7 Å². The number of nitrogens with zero attached hydrogens (tertiary/aromatic N) is 2. The third kappa shape index (κ3) is 4.79. The van der Waals surface area contributed by atoms with E-state index in [1.807, 2.05) is 66.7 Å². The SMILES string of the molecule is O=C(C(O)CO)N1CCc2c(cccc2Nc2ccc(Cl)c(-c3ncc(-c4ccccc4)[nH]3)c2)C1. The summed E-state index contributed by atoms with van der Waals surface area (Å²) in [5, 5.41) is 22.9. The third-order valence-electron chi connectivity index (χ3n) is 6.20. The minimum atomic E-state index is -1.38. The molecule has 8 heteroatoms. The van der Waals surface area contributed by atoms with E-state index in [0.717, 1.165) is 39.3 Å². The number of hydrogen-bond acceptors (Lipinski definition) is 5. The summed E-state index contributed by atoms with van der Waals surface area (Å²) in [6.45, 7) is 0.286. The molecule has 0 bridgehead atoms. The normalized spacial score (nSPS) is 13.9. The molecule has 0 saturated heterocycles. The number of anilines is 2. The summed E-state index contributed by atoms with van der Waals surface area (Å²) >= 11 is 6.52. The van der Waals surface area contributed by atoms with Crippen LogP contribution in [0.2, 0.25) is 5.02 Å². The minimum Gasteiger partial charge on any atom is -0.393 e. The van der Waals surface area contributed by atoms with Crippen molar-refractivity contribution in [3.63, 3.8) is 0 Å². The highest BCUT2D eigenvalue weighted by Crippen LogP contribution is 2.33. The second kappa shape index (κ2) is 9.92. The average molecular weight is 489 g/mol. The number of carbonyl (C=O) groups is 1. The molecule has 1 aliphatic heterocycles. The molecule has 4 N–H and O–H groups in total. The molecule has 0 radical (unpaired) electrons. The Balaban J connectivity index is 1.39. The Labute approximate surface area is 208 Å². The van der Waals surface area contributed by atoms with Gasteiger partial charge in [-0.25, -0.2) is 4.98 Å². The lowest BCUT2D eigenvalue weighted by Gasteiger charge is -2.31. The van der Waals surface area contributed by atoms with Crippen molar-refractivity contribution in [2.45, 2.75) is 19.1 Å². The van der Waals surface area contributed by atoms with Crippen molar-refractivity contribution < 1.29 is 15.0 Å². The molecule has 3 aromatic carbocycles. The van der Waals surface area contributed by atoms with Gasteiger partial charge in [0.25, 0.3) is 5.91 Å². The highest BCUT2D eigenvalue weighted by molar-refractivity contribution is 6.33. The molecule has 0 saturated carbocycles. The van der Waals surface area contributed by atoms with Crippen molar-refractivity contribution in [2.75, 3.05) is 18.5 Å². The Morgan fingerprint density at radius 1 is 1.14 bits per heavy atom. The molecule has 178 valence electrons. The Bertz CT molecular complexity index is 1360. The van der Waals surface area contributed by atoms with E-state index < -0.39 is 18.6 Å². The first-order valence-corrected chi connectivity index (χ1v) is 11.8. The van der Waals surface area contributed by atoms with E-state index >= 15 is 0 Å². The van der Waals surface area contributed by atoms with Gasteiger partial charge in [0.15, 0.2) is 6.10 Å². The van der Waals surface area contributed by atoms with E-state index in [-0.39, 0.29) is 0 Å². The van der Waals surface area contributed by atoms with E-state index in [2.05, 4.69) is 15.3 Å². The molecule has 35 heavy (non-hydrogen) atoms. The summed E-state index contributed by atoms with van der Waals surface area (Å²) in [5.74, 6) is 0.233. The summed E-state index contributed by atoms with van der Waals surface area (Å²) in [7, 11) is 0. The zero-order chi connectivity index (χ0) is 24.4. The lowest BCUT2D eigenvalue weighted by molar-refractivity contribution is -0.143. The number of amides is 1. The molecule has 7 nitrogen and oxygen atoms in total. The summed E-state index contributed by atoms with van der Waals surface area (Å²) in [6.07, 6.45) is 1.06. The summed E-state index contributed by atoms with van der Waals surface area (Å²) in [5.41, 5.74) is 6.70. The molecule has 0 aliphatic carbocycles. The number of nitrogens with one attached hydrogen (secondary N) is 2. The zero-order valence-electron chi connectivity index (χ0n) is 18.9. The van der Waals surface area contributed by atoms with Gasteiger partial charge < -0.3 is 25.4 Å². The Kier molecular flexibility index (Phi) is 6.55. The van der Waals surface area contributed by atoms with Gasteiger partial charge in [-0.05, 0) is 47.4 Å². The van der Waals surface area contributed by atoms with Gasteiger partial charge in [0.1, 0.15) is 5.82 Å². The maximum atomic E-state index is 12.3. The summed E-state index contributed by atoms with van der Waals surface area (Å²) in [6, 6.07) is 21.6. The lowest BCUT2D eigenvalue weighted by atomic mass is 9.97. The minimum absolute atomic E-state index is 0.390. The molecule has 1 unspecified atom stereocenters. The maximum Gasteiger partial charge on any atom is 0.254 e. The van der Waals surface area contributed by atoms with Gasteiger partial charge in [-0.2, -0.15) is 0 Å². The monoisotopic (exact) mass is 488 g/mol. The molecular weight excluding hydrogens is 464 g/mol. The fraction of sp³-hybridized carbons (Fsp3) is 0.185.